The Morgan fingerprint density at radius 3 is 2.64 bits per heavy atom. The lowest BCUT2D eigenvalue weighted by atomic mass is 9.64. The highest BCUT2D eigenvalue weighted by molar-refractivity contribution is 5.70. The van der Waals surface area contributed by atoms with Crippen molar-refractivity contribution in [3.05, 3.63) is 0 Å². The summed E-state index contributed by atoms with van der Waals surface area (Å²) in [6.45, 7) is 7.38. The Morgan fingerprint density at radius 1 is 1.43 bits per heavy atom. The molecule has 14 heavy (non-hydrogen) atoms. The topological polar surface area (TPSA) is 38.3 Å². The van der Waals surface area contributed by atoms with Gasteiger partial charge in [0.05, 0.1) is 5.54 Å². The SMILES string of the molecule is CC1CC(C)(C)CCC12COC(=O)N2. The lowest BCUT2D eigenvalue weighted by Crippen LogP contribution is -2.53. The highest BCUT2D eigenvalue weighted by Gasteiger charge is 2.48. The van der Waals surface area contributed by atoms with Crippen molar-refractivity contribution in [1.82, 2.24) is 5.32 Å². The van der Waals surface area contributed by atoms with Gasteiger partial charge in [-0.25, -0.2) is 4.79 Å². The first-order valence-corrected chi connectivity index (χ1v) is 5.39. The summed E-state index contributed by atoms with van der Waals surface area (Å²) in [6.07, 6.45) is 3.14. The monoisotopic (exact) mass is 197 g/mol. The molecule has 1 saturated heterocycles. The van der Waals surface area contributed by atoms with E-state index in [1.165, 1.54) is 6.42 Å². The Bertz CT molecular complexity index is 262. The molecular weight excluding hydrogens is 178 g/mol. The van der Waals surface area contributed by atoms with E-state index in [0.29, 0.717) is 17.9 Å². The molecule has 0 bridgehead atoms. The molecule has 1 aliphatic heterocycles. The van der Waals surface area contributed by atoms with Crippen LogP contribution in [0, 0.1) is 11.3 Å². The molecule has 2 unspecified atom stereocenters. The normalized spacial score (nSPS) is 40.8. The fourth-order valence-corrected chi connectivity index (χ4v) is 2.80. The Kier molecular flexibility index (Phi) is 2.02. The van der Waals surface area contributed by atoms with Crippen LogP contribution >= 0.6 is 0 Å². The summed E-state index contributed by atoms with van der Waals surface area (Å²) in [4.78, 5) is 11.1. The van der Waals surface area contributed by atoms with Crippen molar-refractivity contribution in [2.45, 2.75) is 45.6 Å². The molecule has 0 aromatic rings. The van der Waals surface area contributed by atoms with Gasteiger partial charge in [-0.05, 0) is 30.6 Å². The molecule has 0 aromatic carbocycles. The molecule has 1 saturated carbocycles. The molecule has 2 atom stereocenters. The number of amides is 1. The Morgan fingerprint density at radius 2 is 2.14 bits per heavy atom. The second kappa shape index (κ2) is 2.88. The molecule has 1 spiro atoms. The largest absolute Gasteiger partial charge is 0.447 e. The van der Waals surface area contributed by atoms with E-state index in [1.54, 1.807) is 0 Å². The molecule has 80 valence electrons. The van der Waals surface area contributed by atoms with Crippen LogP contribution in [0.4, 0.5) is 4.79 Å². The van der Waals surface area contributed by atoms with Crippen LogP contribution in [-0.4, -0.2) is 18.2 Å². The summed E-state index contributed by atoms with van der Waals surface area (Å²) in [7, 11) is 0. The molecule has 2 rings (SSSR count). The number of carbonyl (C=O) groups excluding carboxylic acids is 1. The van der Waals surface area contributed by atoms with E-state index in [2.05, 4.69) is 26.1 Å². The Balaban J connectivity index is 2.12. The smallest absolute Gasteiger partial charge is 0.407 e. The molecule has 2 aliphatic rings. The highest BCUT2D eigenvalue weighted by atomic mass is 16.6. The van der Waals surface area contributed by atoms with Crippen LogP contribution in [0.3, 0.4) is 0 Å². The van der Waals surface area contributed by atoms with E-state index < -0.39 is 0 Å². The van der Waals surface area contributed by atoms with Gasteiger partial charge in [-0.1, -0.05) is 20.8 Å². The van der Waals surface area contributed by atoms with Crippen LogP contribution in [0.15, 0.2) is 0 Å². The minimum atomic E-state index is -0.239. The standard InChI is InChI=1S/C11H19NO2/c1-8-6-10(2,3)4-5-11(8)7-14-9(13)12-11/h8H,4-7H2,1-3H3,(H,12,13). The summed E-state index contributed by atoms with van der Waals surface area (Å²) in [5.74, 6) is 0.512. The second-order valence-electron chi connectivity index (χ2n) is 5.63. The van der Waals surface area contributed by atoms with Crippen molar-refractivity contribution in [3.8, 4) is 0 Å². The maximum Gasteiger partial charge on any atom is 0.407 e. The predicted octanol–water partition coefficient (Wildman–Crippen LogP) is 2.31. The van der Waals surface area contributed by atoms with Crippen molar-refractivity contribution in [1.29, 1.82) is 0 Å². The number of nitrogens with one attached hydrogen (secondary N) is 1. The lowest BCUT2D eigenvalue weighted by Gasteiger charge is -2.44. The Labute approximate surface area is 85.2 Å². The zero-order chi connectivity index (χ0) is 10.4. The lowest BCUT2D eigenvalue weighted by molar-refractivity contribution is 0.0758. The van der Waals surface area contributed by atoms with E-state index in [4.69, 9.17) is 4.74 Å². The maximum absolute atomic E-state index is 11.1. The molecule has 1 heterocycles. The first-order chi connectivity index (χ1) is 6.44. The molecule has 1 amide bonds. The number of carbonyl (C=O) groups is 1. The van der Waals surface area contributed by atoms with Crippen LogP contribution in [-0.2, 0) is 4.74 Å². The number of cyclic esters (lactones) is 1. The van der Waals surface area contributed by atoms with Crippen LogP contribution < -0.4 is 5.32 Å². The number of hydrogen-bond donors (Lipinski definition) is 1. The van der Waals surface area contributed by atoms with E-state index in [9.17, 15) is 4.79 Å². The maximum atomic E-state index is 11.1. The molecule has 0 radical (unpaired) electrons. The number of ether oxygens (including phenoxy) is 1. The minimum Gasteiger partial charge on any atom is -0.447 e. The number of alkyl carbamates (subject to hydrolysis) is 1. The van der Waals surface area contributed by atoms with Gasteiger partial charge in [-0.2, -0.15) is 0 Å². The van der Waals surface area contributed by atoms with E-state index >= 15 is 0 Å². The van der Waals surface area contributed by atoms with Gasteiger partial charge in [0.15, 0.2) is 0 Å². The van der Waals surface area contributed by atoms with Crippen LogP contribution in [0.25, 0.3) is 0 Å². The van der Waals surface area contributed by atoms with Gasteiger partial charge in [-0.3, -0.25) is 0 Å². The van der Waals surface area contributed by atoms with Gasteiger partial charge in [0, 0.05) is 0 Å². The van der Waals surface area contributed by atoms with Crippen molar-refractivity contribution in [2.24, 2.45) is 11.3 Å². The van der Waals surface area contributed by atoms with Crippen LogP contribution in [0.1, 0.15) is 40.0 Å². The minimum absolute atomic E-state index is 0.0629. The third kappa shape index (κ3) is 1.49. The van der Waals surface area contributed by atoms with Crippen molar-refractivity contribution in [2.75, 3.05) is 6.61 Å². The van der Waals surface area contributed by atoms with Crippen LogP contribution in [0.2, 0.25) is 0 Å². The quantitative estimate of drug-likeness (QED) is 0.647. The molecule has 2 fully saturated rings. The first kappa shape index (κ1) is 9.81. The summed E-state index contributed by atoms with van der Waals surface area (Å²) in [6, 6.07) is 0. The van der Waals surface area contributed by atoms with Gasteiger partial charge in [-0.15, -0.1) is 0 Å². The zero-order valence-corrected chi connectivity index (χ0v) is 9.22. The molecular formula is C11H19NO2. The summed E-state index contributed by atoms with van der Waals surface area (Å²) < 4.78 is 5.03. The van der Waals surface area contributed by atoms with Gasteiger partial charge in [0.2, 0.25) is 0 Å². The van der Waals surface area contributed by atoms with Gasteiger partial charge < -0.3 is 10.1 Å². The average Bonchev–Trinajstić information content (AvgIpc) is 2.43. The number of hydrogen-bond acceptors (Lipinski definition) is 2. The van der Waals surface area contributed by atoms with Gasteiger partial charge >= 0.3 is 6.09 Å². The van der Waals surface area contributed by atoms with E-state index in [-0.39, 0.29) is 11.6 Å². The second-order valence-corrected chi connectivity index (χ2v) is 5.63. The fourth-order valence-electron chi connectivity index (χ4n) is 2.80. The predicted molar refractivity (Wildman–Crippen MR) is 54.0 cm³/mol. The summed E-state index contributed by atoms with van der Waals surface area (Å²) in [5, 5.41) is 3.00. The van der Waals surface area contributed by atoms with E-state index in [1.807, 2.05) is 0 Å². The molecule has 1 N–H and O–H groups in total. The molecule has 0 aromatic heterocycles. The van der Waals surface area contributed by atoms with Crippen molar-refractivity contribution >= 4 is 6.09 Å². The van der Waals surface area contributed by atoms with Gasteiger partial charge in [0.25, 0.3) is 0 Å². The molecule has 1 aliphatic carbocycles. The molecule has 3 heteroatoms. The highest BCUT2D eigenvalue weighted by Crippen LogP contribution is 2.45. The Hall–Kier alpha value is -0.730. The third-order valence-electron chi connectivity index (χ3n) is 3.86. The fraction of sp³-hybridized carbons (Fsp3) is 0.909. The zero-order valence-electron chi connectivity index (χ0n) is 9.22. The summed E-state index contributed by atoms with van der Waals surface area (Å²) >= 11 is 0. The van der Waals surface area contributed by atoms with Crippen LogP contribution in [0.5, 0.6) is 0 Å². The third-order valence-corrected chi connectivity index (χ3v) is 3.86. The number of rotatable bonds is 0. The van der Waals surface area contributed by atoms with E-state index in [0.717, 1.165) is 12.8 Å². The van der Waals surface area contributed by atoms with Crippen molar-refractivity contribution < 1.29 is 9.53 Å². The summed E-state index contributed by atoms with van der Waals surface area (Å²) in [5.41, 5.74) is 0.352. The van der Waals surface area contributed by atoms with Crippen molar-refractivity contribution in [3.63, 3.8) is 0 Å². The average molecular weight is 197 g/mol. The van der Waals surface area contributed by atoms with Gasteiger partial charge in [0.1, 0.15) is 6.61 Å². The first-order valence-electron chi connectivity index (χ1n) is 5.39. The molecule has 3 nitrogen and oxygen atoms in total.